The van der Waals surface area contributed by atoms with Crippen LogP contribution in [0.4, 0.5) is 0 Å². The summed E-state index contributed by atoms with van der Waals surface area (Å²) >= 11 is 3.38. The SMILES string of the molecule is NC(=O)C(=O)NC=Cc1c[nH]c2cc(Br)ccc12. The van der Waals surface area contributed by atoms with E-state index in [-0.39, 0.29) is 0 Å². The third-order valence-electron chi connectivity index (χ3n) is 2.38. The molecule has 0 fully saturated rings. The molecule has 0 radical (unpaired) electrons. The quantitative estimate of drug-likeness (QED) is 0.734. The molecule has 0 aliphatic carbocycles. The van der Waals surface area contributed by atoms with Gasteiger partial charge in [0.05, 0.1) is 0 Å². The number of aromatic nitrogens is 1. The number of benzene rings is 1. The monoisotopic (exact) mass is 307 g/mol. The first-order valence-electron chi connectivity index (χ1n) is 5.11. The number of amides is 2. The zero-order valence-electron chi connectivity index (χ0n) is 9.24. The van der Waals surface area contributed by atoms with Crippen LogP contribution in [0.25, 0.3) is 17.0 Å². The lowest BCUT2D eigenvalue weighted by Gasteiger charge is -1.95. The highest BCUT2D eigenvalue weighted by molar-refractivity contribution is 9.10. The highest BCUT2D eigenvalue weighted by atomic mass is 79.9. The molecule has 92 valence electrons. The fraction of sp³-hybridized carbons (Fsp3) is 0. The van der Waals surface area contributed by atoms with Crippen LogP contribution in [-0.4, -0.2) is 16.8 Å². The van der Waals surface area contributed by atoms with E-state index in [1.165, 1.54) is 6.20 Å². The van der Waals surface area contributed by atoms with Gasteiger partial charge >= 0.3 is 11.8 Å². The van der Waals surface area contributed by atoms with Crippen LogP contribution in [0.15, 0.2) is 35.1 Å². The van der Waals surface area contributed by atoms with Crippen molar-refractivity contribution in [2.24, 2.45) is 5.73 Å². The minimum absolute atomic E-state index is 0.839. The Labute approximate surface area is 111 Å². The normalized spacial score (nSPS) is 10.9. The van der Waals surface area contributed by atoms with Gasteiger partial charge in [-0.25, -0.2) is 0 Å². The average Bonchev–Trinajstić information content (AvgIpc) is 2.71. The number of fused-ring (bicyclic) bond motifs is 1. The summed E-state index contributed by atoms with van der Waals surface area (Å²) in [4.78, 5) is 24.5. The molecule has 0 aliphatic heterocycles. The molecule has 18 heavy (non-hydrogen) atoms. The van der Waals surface area contributed by atoms with Crippen molar-refractivity contribution in [1.82, 2.24) is 10.3 Å². The summed E-state index contributed by atoms with van der Waals surface area (Å²) in [6.07, 6.45) is 4.88. The van der Waals surface area contributed by atoms with Crippen molar-refractivity contribution in [1.29, 1.82) is 0 Å². The molecule has 0 atom stereocenters. The molecule has 1 aromatic carbocycles. The van der Waals surface area contributed by atoms with Crippen LogP contribution in [0.2, 0.25) is 0 Å². The third-order valence-corrected chi connectivity index (χ3v) is 2.87. The molecule has 5 nitrogen and oxygen atoms in total. The average molecular weight is 308 g/mol. The van der Waals surface area contributed by atoms with Crippen molar-refractivity contribution in [3.8, 4) is 0 Å². The fourth-order valence-electron chi connectivity index (χ4n) is 1.54. The first-order valence-corrected chi connectivity index (χ1v) is 5.90. The van der Waals surface area contributed by atoms with Gasteiger partial charge in [0.25, 0.3) is 0 Å². The van der Waals surface area contributed by atoms with Crippen molar-refractivity contribution in [2.75, 3.05) is 0 Å². The Hall–Kier alpha value is -2.08. The number of aromatic amines is 1. The van der Waals surface area contributed by atoms with Gasteiger partial charge in [0.1, 0.15) is 0 Å². The Balaban J connectivity index is 2.20. The van der Waals surface area contributed by atoms with Crippen LogP contribution in [-0.2, 0) is 9.59 Å². The van der Waals surface area contributed by atoms with E-state index in [1.807, 2.05) is 24.4 Å². The molecule has 0 spiro atoms. The molecule has 0 unspecified atom stereocenters. The summed E-state index contributed by atoms with van der Waals surface area (Å²) in [5.41, 5.74) is 6.69. The second-order valence-corrected chi connectivity index (χ2v) is 4.52. The number of carbonyl (C=O) groups is 2. The van der Waals surface area contributed by atoms with Crippen LogP contribution in [0.5, 0.6) is 0 Å². The summed E-state index contributed by atoms with van der Waals surface area (Å²) in [5, 5.41) is 3.30. The van der Waals surface area contributed by atoms with E-state index in [4.69, 9.17) is 5.73 Å². The van der Waals surface area contributed by atoms with Gasteiger partial charge in [0.2, 0.25) is 0 Å². The first kappa shape index (κ1) is 12.4. The maximum absolute atomic E-state index is 10.9. The molecule has 0 saturated carbocycles. The van der Waals surface area contributed by atoms with E-state index in [0.717, 1.165) is 20.9 Å². The standard InChI is InChI=1S/C12H10BrN3O2/c13-8-1-2-9-7(6-16-10(9)5-8)3-4-15-12(18)11(14)17/h1-6,16H,(H2,14,17)(H,15,18). The Bertz CT molecular complexity index is 646. The van der Waals surface area contributed by atoms with Crippen molar-refractivity contribution in [3.05, 3.63) is 40.6 Å². The van der Waals surface area contributed by atoms with Crippen molar-refractivity contribution >= 4 is 44.7 Å². The summed E-state index contributed by atoms with van der Waals surface area (Å²) in [6, 6.07) is 5.83. The molecule has 0 aliphatic rings. The van der Waals surface area contributed by atoms with E-state index in [1.54, 1.807) is 6.08 Å². The lowest BCUT2D eigenvalue weighted by atomic mass is 10.2. The van der Waals surface area contributed by atoms with Gasteiger partial charge in [-0.2, -0.15) is 0 Å². The number of nitrogens with one attached hydrogen (secondary N) is 2. The number of hydrogen-bond donors (Lipinski definition) is 3. The number of carbonyl (C=O) groups excluding carboxylic acids is 2. The van der Waals surface area contributed by atoms with Crippen LogP contribution in [0, 0.1) is 0 Å². The molecule has 0 bridgehead atoms. The Morgan fingerprint density at radius 1 is 1.39 bits per heavy atom. The third kappa shape index (κ3) is 2.60. The highest BCUT2D eigenvalue weighted by Gasteiger charge is 2.05. The van der Waals surface area contributed by atoms with Gasteiger partial charge in [-0.15, -0.1) is 0 Å². The summed E-state index contributed by atoms with van der Waals surface area (Å²) < 4.78 is 0.981. The zero-order chi connectivity index (χ0) is 13.1. The molecule has 6 heteroatoms. The van der Waals surface area contributed by atoms with Crippen molar-refractivity contribution < 1.29 is 9.59 Å². The van der Waals surface area contributed by atoms with E-state index in [0.29, 0.717) is 0 Å². The lowest BCUT2D eigenvalue weighted by Crippen LogP contribution is -2.32. The second kappa shape index (κ2) is 5.05. The van der Waals surface area contributed by atoms with Crippen LogP contribution in [0.3, 0.4) is 0 Å². The Kier molecular flexibility index (Phi) is 3.47. The zero-order valence-corrected chi connectivity index (χ0v) is 10.8. The number of nitrogens with two attached hydrogens (primary N) is 1. The number of hydrogen-bond acceptors (Lipinski definition) is 2. The molecule has 1 aromatic heterocycles. The van der Waals surface area contributed by atoms with Crippen molar-refractivity contribution in [2.45, 2.75) is 0 Å². The number of H-pyrrole nitrogens is 1. The number of rotatable bonds is 2. The molecule has 2 amide bonds. The maximum atomic E-state index is 10.9. The van der Waals surface area contributed by atoms with Crippen molar-refractivity contribution in [3.63, 3.8) is 0 Å². The topological polar surface area (TPSA) is 88.0 Å². The largest absolute Gasteiger partial charge is 0.361 e. The van der Waals surface area contributed by atoms with E-state index >= 15 is 0 Å². The van der Waals surface area contributed by atoms with Crippen LogP contribution in [0.1, 0.15) is 5.56 Å². The predicted molar refractivity (Wildman–Crippen MR) is 72.4 cm³/mol. The molecule has 2 aromatic rings. The van der Waals surface area contributed by atoms with Crippen LogP contribution < -0.4 is 11.1 Å². The van der Waals surface area contributed by atoms with Gasteiger partial charge < -0.3 is 16.0 Å². The molecular formula is C12H10BrN3O2. The van der Waals surface area contributed by atoms with Gasteiger partial charge in [-0.3, -0.25) is 9.59 Å². The molecule has 1 heterocycles. The summed E-state index contributed by atoms with van der Waals surface area (Å²) in [7, 11) is 0. The number of halogens is 1. The highest BCUT2D eigenvalue weighted by Crippen LogP contribution is 2.22. The molecular weight excluding hydrogens is 298 g/mol. The van der Waals surface area contributed by atoms with E-state index in [9.17, 15) is 9.59 Å². The molecule has 4 N–H and O–H groups in total. The Morgan fingerprint density at radius 3 is 2.89 bits per heavy atom. The van der Waals surface area contributed by atoms with Crippen LogP contribution >= 0.6 is 15.9 Å². The van der Waals surface area contributed by atoms with Gasteiger partial charge in [-0.1, -0.05) is 22.0 Å². The first-order chi connectivity index (χ1) is 8.58. The maximum Gasteiger partial charge on any atom is 0.312 e. The summed E-state index contributed by atoms with van der Waals surface area (Å²) in [6.45, 7) is 0. The Morgan fingerprint density at radius 2 is 2.17 bits per heavy atom. The fourth-order valence-corrected chi connectivity index (χ4v) is 1.90. The van der Waals surface area contributed by atoms with E-state index < -0.39 is 11.8 Å². The minimum atomic E-state index is -1.01. The van der Waals surface area contributed by atoms with Gasteiger partial charge in [-0.05, 0) is 18.2 Å². The number of primary amides is 1. The van der Waals surface area contributed by atoms with Gasteiger partial charge in [0.15, 0.2) is 0 Å². The smallest absolute Gasteiger partial charge is 0.312 e. The second-order valence-electron chi connectivity index (χ2n) is 3.60. The predicted octanol–water partition coefficient (Wildman–Crippen LogP) is 1.50. The molecule has 0 saturated heterocycles. The van der Waals surface area contributed by atoms with E-state index in [2.05, 4.69) is 26.2 Å². The van der Waals surface area contributed by atoms with Gasteiger partial charge in [0, 0.05) is 33.3 Å². The minimum Gasteiger partial charge on any atom is -0.361 e. The summed E-state index contributed by atoms with van der Waals surface area (Å²) in [5.74, 6) is -1.85. The lowest BCUT2D eigenvalue weighted by molar-refractivity contribution is -0.136. The molecule has 2 rings (SSSR count).